The second-order valence-corrected chi connectivity index (χ2v) is 15.7. The number of phenols is 1. The Morgan fingerprint density at radius 2 is 1.86 bits per heavy atom. The molecule has 17 heteroatoms. The van der Waals surface area contributed by atoms with Gasteiger partial charge < -0.3 is 44.6 Å². The van der Waals surface area contributed by atoms with Crippen LogP contribution in [-0.4, -0.2) is 65.1 Å². The van der Waals surface area contributed by atoms with Crippen molar-refractivity contribution in [2.75, 3.05) is 24.4 Å². The van der Waals surface area contributed by atoms with E-state index < -0.39 is 5.97 Å². The number of benzene rings is 4. The van der Waals surface area contributed by atoms with E-state index in [0.717, 1.165) is 8.47 Å². The first kappa shape index (κ1) is 37.3. The summed E-state index contributed by atoms with van der Waals surface area (Å²) in [6.07, 6.45) is 2.08. The number of halogens is 1. The minimum absolute atomic E-state index is 0.00268. The van der Waals surface area contributed by atoms with Crippen LogP contribution in [0.4, 0.5) is 11.5 Å². The summed E-state index contributed by atoms with van der Waals surface area (Å²) < 4.78 is 20.1. The van der Waals surface area contributed by atoms with Crippen molar-refractivity contribution in [1.82, 2.24) is 24.4 Å². The normalized spacial score (nSPS) is 12.2. The number of rotatable bonds is 10. The summed E-state index contributed by atoms with van der Waals surface area (Å²) in [6, 6.07) is 17.8. The summed E-state index contributed by atoms with van der Waals surface area (Å²) in [7, 11) is 0. The van der Waals surface area contributed by atoms with Crippen molar-refractivity contribution in [3.63, 3.8) is 0 Å². The average Bonchev–Trinajstić information content (AvgIpc) is 3.76. The van der Waals surface area contributed by atoms with Crippen molar-refractivity contribution in [2.24, 2.45) is 0 Å². The Bertz CT molecular complexity index is 2740. The molecule has 14 nitrogen and oxygen atoms in total. The smallest absolute Gasteiger partial charge is 0.336 e. The number of nitrogens with zero attached hydrogens (tertiary/aromatic N) is 5. The van der Waals surface area contributed by atoms with Crippen LogP contribution >= 0.6 is 46.6 Å². The number of thiocarbonyl (C=S) groups is 1. The van der Waals surface area contributed by atoms with Crippen LogP contribution in [0.3, 0.4) is 0 Å². The van der Waals surface area contributed by atoms with Gasteiger partial charge in [0.25, 0.3) is 0 Å². The third kappa shape index (κ3) is 7.12. The number of aromatic carboxylic acids is 1. The summed E-state index contributed by atoms with van der Waals surface area (Å²) in [5, 5.41) is 25.6. The lowest BCUT2D eigenvalue weighted by molar-refractivity contribution is 0.0697. The molecule has 0 amide bonds. The lowest BCUT2D eigenvalue weighted by atomic mass is 9.90. The Balaban J connectivity index is 1.05. The molecule has 0 saturated carbocycles. The fraction of sp³-hybridized carbons (Fsp3) is 0.179. The minimum Gasteiger partial charge on any atom is -0.508 e. The number of phenolic OH excluding ortho intramolecular Hbond substituents is 1. The number of aromatic hydroxyl groups is 1. The second kappa shape index (κ2) is 15.1. The Morgan fingerprint density at radius 3 is 2.64 bits per heavy atom. The fourth-order valence-electron chi connectivity index (χ4n) is 6.64. The van der Waals surface area contributed by atoms with Crippen LogP contribution in [0.15, 0.2) is 92.3 Å². The number of ether oxygens (including phenoxy) is 2. The van der Waals surface area contributed by atoms with E-state index in [1.807, 2.05) is 35.4 Å². The van der Waals surface area contributed by atoms with Crippen LogP contribution < -0.4 is 26.0 Å². The zero-order chi connectivity index (χ0) is 39.2. The van der Waals surface area contributed by atoms with E-state index >= 15 is 0 Å². The van der Waals surface area contributed by atoms with E-state index in [0.29, 0.717) is 85.8 Å². The highest BCUT2D eigenvalue weighted by Gasteiger charge is 2.24. The van der Waals surface area contributed by atoms with Gasteiger partial charge in [0.05, 0.1) is 5.56 Å². The van der Waals surface area contributed by atoms with Crippen LogP contribution in [0.1, 0.15) is 30.6 Å². The van der Waals surface area contributed by atoms with Crippen molar-refractivity contribution < 1.29 is 28.9 Å². The molecule has 56 heavy (non-hydrogen) atoms. The highest BCUT2D eigenvalue weighted by Crippen LogP contribution is 2.43. The standard InChI is InChI=1S/C39H32IN7O7S2/c1-19(2)46(10-3-11-47-36-34(35(41)42-17-43-36)45-39(47)56-32-16-31-30(15-27(32)40)52-18-53-31)38(55)44-20-4-7-23(26(12-20)37(50)51)33-24-8-5-21(48)13-28(24)54-29-14-22(49)6-9-25(29)33/h4-9,12-17,19,48H,3,10-11,18H2,1-2H3,(H,44,55)(H,50,51)(H2,41,42,43). The lowest BCUT2D eigenvalue weighted by Crippen LogP contribution is -2.40. The molecule has 4 heterocycles. The number of anilines is 2. The van der Waals surface area contributed by atoms with Crippen LogP contribution in [0.2, 0.25) is 0 Å². The predicted octanol–water partition coefficient (Wildman–Crippen LogP) is 7.67. The monoisotopic (exact) mass is 901 g/mol. The molecular formula is C39H32IN7O7S2. The molecule has 2 aliphatic heterocycles. The van der Waals surface area contributed by atoms with E-state index in [9.17, 15) is 19.8 Å². The lowest BCUT2D eigenvalue weighted by Gasteiger charge is -2.30. The van der Waals surface area contributed by atoms with Crippen molar-refractivity contribution in [3.8, 4) is 39.7 Å². The molecule has 5 N–H and O–H groups in total. The van der Waals surface area contributed by atoms with E-state index in [1.165, 1.54) is 48.4 Å². The molecule has 1 aliphatic carbocycles. The highest BCUT2D eigenvalue weighted by atomic mass is 127. The molecule has 5 aromatic rings. The maximum absolute atomic E-state index is 12.8. The molecule has 0 saturated heterocycles. The maximum atomic E-state index is 12.8. The number of imidazole rings is 1. The molecule has 0 radical (unpaired) electrons. The molecule has 0 atom stereocenters. The molecule has 3 aromatic carbocycles. The van der Waals surface area contributed by atoms with Crippen LogP contribution in [0.25, 0.3) is 44.6 Å². The number of hydrogen-bond acceptors (Lipinski definition) is 12. The number of nitrogens with two attached hydrogens (primary N) is 1. The number of carboxylic acid groups (broad SMARTS) is 1. The molecular weight excluding hydrogens is 870 g/mol. The highest BCUT2D eigenvalue weighted by molar-refractivity contribution is 14.1. The molecule has 8 rings (SSSR count). The van der Waals surface area contributed by atoms with Gasteiger partial charge in [0.1, 0.15) is 23.4 Å². The number of carbonyl (C=O) groups is 1. The summed E-state index contributed by atoms with van der Waals surface area (Å²) in [5.41, 5.74) is 9.42. The van der Waals surface area contributed by atoms with Gasteiger partial charge in [-0.1, -0.05) is 17.8 Å². The quantitative estimate of drug-likeness (QED) is 0.0594. The van der Waals surface area contributed by atoms with Gasteiger partial charge in [-0.2, -0.15) is 0 Å². The zero-order valence-corrected chi connectivity index (χ0v) is 33.6. The zero-order valence-electron chi connectivity index (χ0n) is 29.8. The van der Waals surface area contributed by atoms with E-state index in [2.05, 4.69) is 37.9 Å². The molecule has 284 valence electrons. The number of fused-ring (bicyclic) bond motifs is 4. The topological polar surface area (TPSA) is 191 Å². The first-order valence-corrected chi connectivity index (χ1v) is 19.6. The van der Waals surface area contributed by atoms with Gasteiger partial charge in [0.2, 0.25) is 6.79 Å². The van der Waals surface area contributed by atoms with Crippen molar-refractivity contribution in [2.45, 2.75) is 42.9 Å². The number of nitrogens with one attached hydrogen (secondary N) is 1. The Morgan fingerprint density at radius 1 is 1.07 bits per heavy atom. The largest absolute Gasteiger partial charge is 0.508 e. The summed E-state index contributed by atoms with van der Waals surface area (Å²) in [5.74, 6) is 0.748. The predicted molar refractivity (Wildman–Crippen MR) is 225 cm³/mol. The summed E-state index contributed by atoms with van der Waals surface area (Å²) >= 11 is 9.65. The van der Waals surface area contributed by atoms with Crippen molar-refractivity contribution in [1.29, 1.82) is 0 Å². The summed E-state index contributed by atoms with van der Waals surface area (Å²) in [6.45, 7) is 5.34. The Kier molecular flexibility index (Phi) is 10.1. The molecule has 0 unspecified atom stereocenters. The third-order valence-electron chi connectivity index (χ3n) is 9.27. The Hall–Kier alpha value is -5.66. The van der Waals surface area contributed by atoms with Crippen LogP contribution in [0.5, 0.6) is 17.2 Å². The molecule has 0 bridgehead atoms. The average molecular weight is 902 g/mol. The number of hydrogen-bond donors (Lipinski definition) is 4. The maximum Gasteiger partial charge on any atom is 0.336 e. The van der Waals surface area contributed by atoms with Gasteiger partial charge in [-0.15, -0.1) is 0 Å². The van der Waals surface area contributed by atoms with E-state index in [4.69, 9.17) is 36.8 Å². The van der Waals surface area contributed by atoms with Crippen molar-refractivity contribution >= 4 is 91.3 Å². The fourth-order valence-corrected chi connectivity index (χ4v) is 8.78. The minimum atomic E-state index is -1.15. The first-order valence-electron chi connectivity index (χ1n) is 17.3. The van der Waals surface area contributed by atoms with Crippen molar-refractivity contribution in [3.05, 3.63) is 92.4 Å². The van der Waals surface area contributed by atoms with Crippen LogP contribution in [0, 0.1) is 3.57 Å². The molecule has 2 aromatic heterocycles. The SMILES string of the molecule is CC(C)N(CCCn1c(Sc2cc3c(cc2I)OCO3)nc2c(N)ncnc21)C(=S)Nc1ccc(-c2c3ccc(=O)cc-3oc3cc(O)ccc23)c(C(=O)O)c1. The number of nitrogen functional groups attached to an aromatic ring is 1. The molecule has 0 spiro atoms. The number of aromatic nitrogens is 4. The third-order valence-corrected chi connectivity index (χ3v) is 11.9. The molecule has 0 fully saturated rings. The van der Waals surface area contributed by atoms with Gasteiger partial charge in [-0.3, -0.25) is 4.79 Å². The van der Waals surface area contributed by atoms with Gasteiger partial charge in [0.15, 0.2) is 44.2 Å². The second-order valence-electron chi connectivity index (χ2n) is 13.2. The van der Waals surface area contributed by atoms with Gasteiger partial charge >= 0.3 is 5.97 Å². The summed E-state index contributed by atoms with van der Waals surface area (Å²) in [4.78, 5) is 41.5. The molecule has 3 aliphatic rings. The van der Waals surface area contributed by atoms with Gasteiger partial charge in [0, 0.05) is 61.9 Å². The van der Waals surface area contributed by atoms with E-state index in [-0.39, 0.29) is 41.2 Å². The van der Waals surface area contributed by atoms with Gasteiger partial charge in [-0.05, 0) is 109 Å². The number of aryl methyl sites for hydroxylation is 1. The van der Waals surface area contributed by atoms with Crippen LogP contribution in [-0.2, 0) is 6.54 Å². The van der Waals surface area contributed by atoms with Gasteiger partial charge in [-0.25, -0.2) is 19.7 Å². The Labute approximate surface area is 342 Å². The number of carboxylic acids is 1. The van der Waals surface area contributed by atoms with E-state index in [1.54, 1.807) is 24.3 Å². The first-order chi connectivity index (χ1) is 26.9.